The molecule has 3 N–H and O–H groups in total. The first-order chi connectivity index (χ1) is 12.7. The van der Waals surface area contributed by atoms with Gasteiger partial charge in [-0.3, -0.25) is 9.78 Å². The fraction of sp³-hybridized carbons (Fsp3) is 0.278. The van der Waals surface area contributed by atoms with Crippen LogP contribution >= 0.6 is 11.8 Å². The van der Waals surface area contributed by atoms with Crippen molar-refractivity contribution in [3.63, 3.8) is 0 Å². The summed E-state index contributed by atoms with van der Waals surface area (Å²) in [4.78, 5) is 26.6. The van der Waals surface area contributed by atoms with E-state index in [1.54, 1.807) is 31.3 Å². The van der Waals surface area contributed by atoms with Gasteiger partial charge in [-0.1, -0.05) is 12.1 Å². The molecule has 0 saturated heterocycles. The number of anilines is 1. The largest absolute Gasteiger partial charge is 0.497 e. The standard InChI is InChI=1S/C18H21N5O2S/c1-25-15-4-2-3-13(10-15)9-14-11-22-18(23-17(14)24)21-7-8-26-12-16-19-5-6-20-16/h2-6,10-11H,7-9,12H2,1H3,(H,19,20)(H2,21,22,23,24). The third kappa shape index (κ3) is 5.13. The number of hydrogen-bond acceptors (Lipinski definition) is 6. The maximum absolute atomic E-state index is 12.3. The van der Waals surface area contributed by atoms with Crippen LogP contribution in [0.5, 0.6) is 5.75 Å². The first-order valence-electron chi connectivity index (χ1n) is 8.25. The fourth-order valence-corrected chi connectivity index (χ4v) is 3.17. The van der Waals surface area contributed by atoms with Crippen molar-refractivity contribution in [2.75, 3.05) is 24.7 Å². The summed E-state index contributed by atoms with van der Waals surface area (Å²) in [6.07, 6.45) is 5.70. The highest BCUT2D eigenvalue weighted by atomic mass is 32.2. The summed E-state index contributed by atoms with van der Waals surface area (Å²) >= 11 is 1.75. The number of ether oxygens (including phenoxy) is 1. The Morgan fingerprint density at radius 1 is 1.31 bits per heavy atom. The lowest BCUT2D eigenvalue weighted by Crippen LogP contribution is -2.18. The normalized spacial score (nSPS) is 10.7. The Kier molecular flexibility index (Phi) is 6.32. The van der Waals surface area contributed by atoms with Gasteiger partial charge in [0.15, 0.2) is 0 Å². The molecule has 136 valence electrons. The predicted octanol–water partition coefficient (Wildman–Crippen LogP) is 2.44. The summed E-state index contributed by atoms with van der Waals surface area (Å²) in [5, 5.41) is 3.14. The van der Waals surface area contributed by atoms with E-state index >= 15 is 0 Å². The summed E-state index contributed by atoms with van der Waals surface area (Å²) in [6.45, 7) is 0.712. The maximum Gasteiger partial charge on any atom is 0.255 e. The molecule has 7 nitrogen and oxygen atoms in total. The minimum Gasteiger partial charge on any atom is -0.497 e. The molecule has 0 amide bonds. The Hall–Kier alpha value is -2.74. The number of H-pyrrole nitrogens is 2. The molecule has 1 aromatic carbocycles. The van der Waals surface area contributed by atoms with E-state index in [1.807, 2.05) is 30.5 Å². The van der Waals surface area contributed by atoms with Gasteiger partial charge in [-0.05, 0) is 17.7 Å². The molecule has 3 aromatic rings. The lowest BCUT2D eigenvalue weighted by Gasteiger charge is -2.07. The van der Waals surface area contributed by atoms with Crippen LogP contribution in [0.15, 0.2) is 47.7 Å². The van der Waals surface area contributed by atoms with Gasteiger partial charge in [0.05, 0.1) is 12.9 Å². The third-order valence-electron chi connectivity index (χ3n) is 3.73. The summed E-state index contributed by atoms with van der Waals surface area (Å²) < 4.78 is 5.21. The number of nitrogens with one attached hydrogen (secondary N) is 3. The Morgan fingerprint density at radius 3 is 3.00 bits per heavy atom. The van der Waals surface area contributed by atoms with Crippen LogP contribution in [0.1, 0.15) is 17.0 Å². The maximum atomic E-state index is 12.3. The highest BCUT2D eigenvalue weighted by molar-refractivity contribution is 7.98. The molecule has 0 atom stereocenters. The number of hydrogen-bond donors (Lipinski definition) is 3. The van der Waals surface area contributed by atoms with Crippen LogP contribution < -0.4 is 15.6 Å². The van der Waals surface area contributed by atoms with Crippen LogP contribution in [0.25, 0.3) is 0 Å². The van der Waals surface area contributed by atoms with Gasteiger partial charge in [-0.25, -0.2) is 9.97 Å². The molecule has 0 saturated carbocycles. The monoisotopic (exact) mass is 371 g/mol. The second kappa shape index (κ2) is 9.10. The molecule has 0 radical (unpaired) electrons. The number of imidazole rings is 1. The number of rotatable bonds is 9. The lowest BCUT2D eigenvalue weighted by atomic mass is 10.1. The minimum atomic E-state index is -0.131. The SMILES string of the molecule is COc1cccc(Cc2cnc(NCCSCc3ncc[nH]3)[nH]c2=O)c1. The number of nitrogens with zero attached hydrogens (tertiary/aromatic N) is 2. The molecule has 0 aliphatic heterocycles. The zero-order valence-corrected chi connectivity index (χ0v) is 15.3. The van der Waals surface area contributed by atoms with Crippen LogP contribution in [0, 0.1) is 0 Å². The molecule has 0 unspecified atom stereocenters. The van der Waals surface area contributed by atoms with Gasteiger partial charge in [0, 0.05) is 42.9 Å². The zero-order valence-electron chi connectivity index (χ0n) is 14.5. The van der Waals surface area contributed by atoms with Gasteiger partial charge in [-0.2, -0.15) is 11.8 Å². The molecular formula is C18H21N5O2S. The van der Waals surface area contributed by atoms with Gasteiger partial charge in [-0.15, -0.1) is 0 Å². The van der Waals surface area contributed by atoms with E-state index in [4.69, 9.17) is 4.74 Å². The molecule has 0 fully saturated rings. The molecule has 2 aromatic heterocycles. The van der Waals surface area contributed by atoms with Crippen molar-refractivity contribution < 1.29 is 4.74 Å². The first kappa shape index (κ1) is 18.1. The number of aromatic nitrogens is 4. The van der Waals surface area contributed by atoms with Gasteiger partial charge in [0.1, 0.15) is 11.6 Å². The zero-order chi connectivity index (χ0) is 18.2. The first-order valence-corrected chi connectivity index (χ1v) is 9.41. The summed E-state index contributed by atoms with van der Waals surface area (Å²) in [7, 11) is 1.63. The highest BCUT2D eigenvalue weighted by Gasteiger charge is 2.05. The van der Waals surface area contributed by atoms with E-state index in [9.17, 15) is 4.79 Å². The number of benzene rings is 1. The summed E-state index contributed by atoms with van der Waals surface area (Å²) in [6, 6.07) is 7.67. The third-order valence-corrected chi connectivity index (χ3v) is 4.70. The Bertz CT molecular complexity index is 879. The Labute approximate surface area is 155 Å². The number of methoxy groups -OCH3 is 1. The van der Waals surface area contributed by atoms with Gasteiger partial charge >= 0.3 is 0 Å². The smallest absolute Gasteiger partial charge is 0.255 e. The van der Waals surface area contributed by atoms with Crippen LogP contribution in [0.2, 0.25) is 0 Å². The molecule has 0 spiro atoms. The Morgan fingerprint density at radius 2 is 2.23 bits per heavy atom. The van der Waals surface area contributed by atoms with Crippen molar-refractivity contribution in [3.05, 3.63) is 70.2 Å². The van der Waals surface area contributed by atoms with E-state index in [2.05, 4.69) is 25.3 Å². The molecule has 0 bridgehead atoms. The van der Waals surface area contributed by atoms with Gasteiger partial charge < -0.3 is 15.0 Å². The van der Waals surface area contributed by atoms with Crippen LogP contribution in [0.3, 0.4) is 0 Å². The molecule has 0 aliphatic rings. The van der Waals surface area contributed by atoms with E-state index in [-0.39, 0.29) is 5.56 Å². The topological polar surface area (TPSA) is 95.7 Å². The van der Waals surface area contributed by atoms with Crippen molar-refractivity contribution in [3.8, 4) is 5.75 Å². The van der Waals surface area contributed by atoms with Crippen LogP contribution in [0.4, 0.5) is 5.95 Å². The van der Waals surface area contributed by atoms with Crippen LogP contribution in [-0.2, 0) is 12.2 Å². The van der Waals surface area contributed by atoms with Gasteiger partial charge in [0.2, 0.25) is 5.95 Å². The van der Waals surface area contributed by atoms with Gasteiger partial charge in [0.25, 0.3) is 5.56 Å². The molecule has 0 aliphatic carbocycles. The van der Waals surface area contributed by atoms with Crippen molar-refractivity contribution in [1.29, 1.82) is 0 Å². The average molecular weight is 371 g/mol. The summed E-state index contributed by atoms with van der Waals surface area (Å²) in [5.41, 5.74) is 1.50. The second-order valence-electron chi connectivity index (χ2n) is 5.63. The highest BCUT2D eigenvalue weighted by Crippen LogP contribution is 2.14. The molecule has 3 rings (SSSR count). The van der Waals surface area contributed by atoms with E-state index in [1.165, 1.54) is 0 Å². The van der Waals surface area contributed by atoms with E-state index < -0.39 is 0 Å². The summed E-state index contributed by atoms with van der Waals surface area (Å²) in [5.74, 6) is 3.94. The minimum absolute atomic E-state index is 0.131. The van der Waals surface area contributed by atoms with Crippen LogP contribution in [-0.4, -0.2) is 39.3 Å². The second-order valence-corrected chi connectivity index (χ2v) is 6.73. The van der Waals surface area contributed by atoms with Crippen molar-refractivity contribution >= 4 is 17.7 Å². The lowest BCUT2D eigenvalue weighted by molar-refractivity contribution is 0.414. The van der Waals surface area contributed by atoms with Crippen molar-refractivity contribution in [1.82, 2.24) is 19.9 Å². The predicted molar refractivity (Wildman–Crippen MR) is 104 cm³/mol. The van der Waals surface area contributed by atoms with Crippen molar-refractivity contribution in [2.24, 2.45) is 0 Å². The number of aromatic amines is 2. The van der Waals surface area contributed by atoms with Crippen molar-refractivity contribution in [2.45, 2.75) is 12.2 Å². The molecule has 26 heavy (non-hydrogen) atoms. The fourth-order valence-electron chi connectivity index (χ4n) is 2.43. The molecular weight excluding hydrogens is 350 g/mol. The Balaban J connectivity index is 1.49. The van der Waals surface area contributed by atoms with E-state index in [0.29, 0.717) is 24.5 Å². The molecule has 2 heterocycles. The molecule has 8 heteroatoms. The average Bonchev–Trinajstić information content (AvgIpc) is 3.17. The number of thioether (sulfide) groups is 1. The van der Waals surface area contributed by atoms with E-state index in [0.717, 1.165) is 28.6 Å². The quantitative estimate of drug-likeness (QED) is 0.500.